The van der Waals surface area contributed by atoms with E-state index >= 15 is 0 Å². The maximum Gasteiger partial charge on any atom is 0.494 e. The number of hydrogen-bond donors (Lipinski definition) is 0. The molecule has 2 aromatic heterocycles. The van der Waals surface area contributed by atoms with Gasteiger partial charge in [0.15, 0.2) is 12.5 Å². The van der Waals surface area contributed by atoms with Crippen LogP contribution in [0.1, 0.15) is 204 Å². The molecule has 0 N–H and O–H groups in total. The predicted octanol–water partition coefficient (Wildman–Crippen LogP) is 14.1. The number of rotatable bonds is 12. The van der Waals surface area contributed by atoms with E-state index < -0.39 is 60.6 Å². The number of ether oxygens (including phenoxy) is 3. The summed E-state index contributed by atoms with van der Waals surface area (Å²) in [4.78, 5) is 12.2. The fourth-order valence-corrected chi connectivity index (χ4v) is 10.9. The van der Waals surface area contributed by atoms with E-state index in [-0.39, 0.29) is 18.4 Å². The van der Waals surface area contributed by atoms with Crippen LogP contribution in [0.2, 0.25) is 0 Å². The third-order valence-electron chi connectivity index (χ3n) is 17.7. The highest BCUT2D eigenvalue weighted by Crippen LogP contribution is 2.47. The summed E-state index contributed by atoms with van der Waals surface area (Å²) in [6.45, 7) is 36.4. The van der Waals surface area contributed by atoms with E-state index in [1.807, 2.05) is 54.7 Å². The molecule has 10 rings (SSSR count). The minimum absolute atomic E-state index is 0.00818. The Labute approximate surface area is 477 Å². The molecule has 5 aromatic rings. The van der Waals surface area contributed by atoms with Crippen LogP contribution in [-0.2, 0) is 46.9 Å². The minimum atomic E-state index is -0.548. The van der Waals surface area contributed by atoms with Gasteiger partial charge >= 0.3 is 27.3 Å². The lowest BCUT2D eigenvalue weighted by atomic mass is 9.61. The monoisotopic (exact) mass is 1090 g/mol. The highest BCUT2D eigenvalue weighted by atomic mass is 16.7. The third-order valence-corrected chi connectivity index (χ3v) is 17.7. The zero-order valence-corrected chi connectivity index (χ0v) is 50.9. The van der Waals surface area contributed by atoms with Gasteiger partial charge in [0.2, 0.25) is 0 Å². The molecule has 14 nitrogen and oxygen atoms in total. The number of fused-ring (bicyclic) bond motifs is 2. The summed E-state index contributed by atoms with van der Waals surface area (Å²) < 4.78 is 60.9. The van der Waals surface area contributed by atoms with E-state index in [9.17, 15) is 4.79 Å². The van der Waals surface area contributed by atoms with Crippen molar-refractivity contribution in [2.75, 3.05) is 13.2 Å². The van der Waals surface area contributed by atoms with Crippen LogP contribution in [0.15, 0.2) is 90.1 Å². The quantitative estimate of drug-likeness (QED) is 0.0668. The van der Waals surface area contributed by atoms with Gasteiger partial charge in [-0.15, -0.1) is 0 Å². The number of carbonyl (C=O) groups is 1. The molecule has 5 fully saturated rings. The Balaban J connectivity index is 0.000000196. The Morgan fingerprint density at radius 3 is 1.41 bits per heavy atom. The number of carbonyl (C=O) groups excluding carboxylic acids is 1. The van der Waals surface area contributed by atoms with Gasteiger partial charge in [-0.3, -0.25) is 0 Å². The standard InChI is InChI=1S/C35H45BN2O5.C28H42B2N2O5/c1-9-28(36-42-34(5,6)35(7,8)43-36)32(25-16-13-24(14-17-25)15-20-31(39)41-33(2,3)4)26-18-19-29-27(22-26)23-37-38(29)30-12-10-11-21-40-30;1-10-21(29-34-25(2,3)26(4,5)35-29)24(30-36-27(6,7)28(8,9)37-30)19-14-15-22-20(17-19)18-31-32(22)23-13-11-12-16-33-23/h13-20,22-23,30H,9-12,21H2,1-8H3;14-15,17-18,23H,10-13,16H2,1-9H3/b20-15+,32-28+;24-21-. The SMILES string of the molecule is CC/C(B1OC(C)(C)C(C)(C)O1)=C(/B1OC(C)(C)C(C)(C)O1)c1ccc2c(cnn2C2CCCCO2)c1.CC/C(B1OC(C)(C)C(C)(C)O1)=C(/c1ccc(/C=C/C(=O)OC(C)(C)C)cc1)c1ccc2c(cnn2C2CCCCO2)c1. The number of esters is 1. The van der Waals surface area contributed by atoms with Crippen molar-refractivity contribution < 1.29 is 46.9 Å². The van der Waals surface area contributed by atoms with Crippen LogP contribution in [0.4, 0.5) is 0 Å². The molecule has 0 spiro atoms. The van der Waals surface area contributed by atoms with Crippen LogP contribution >= 0.6 is 0 Å². The molecule has 428 valence electrons. The zero-order valence-electron chi connectivity index (χ0n) is 50.9. The molecule has 0 radical (unpaired) electrons. The minimum Gasteiger partial charge on any atom is -0.457 e. The summed E-state index contributed by atoms with van der Waals surface area (Å²) in [5.41, 5.74) is 7.10. The van der Waals surface area contributed by atoms with Crippen molar-refractivity contribution in [2.24, 2.45) is 0 Å². The first-order valence-corrected chi connectivity index (χ1v) is 29.3. The predicted molar refractivity (Wildman–Crippen MR) is 320 cm³/mol. The second-order valence-corrected chi connectivity index (χ2v) is 26.2. The Morgan fingerprint density at radius 2 is 0.988 bits per heavy atom. The number of hydrogen-bond acceptors (Lipinski definition) is 12. The van der Waals surface area contributed by atoms with Gasteiger partial charge in [-0.25, -0.2) is 14.2 Å². The molecule has 7 heterocycles. The smallest absolute Gasteiger partial charge is 0.457 e. The summed E-state index contributed by atoms with van der Waals surface area (Å²) in [7, 11) is -1.52. The van der Waals surface area contributed by atoms with E-state index in [0.29, 0.717) is 0 Å². The van der Waals surface area contributed by atoms with Crippen molar-refractivity contribution in [3.8, 4) is 0 Å². The molecule has 5 aliphatic rings. The maximum atomic E-state index is 12.2. The van der Waals surface area contributed by atoms with E-state index in [2.05, 4.69) is 145 Å². The normalized spacial score (nSPS) is 23.8. The highest BCUT2D eigenvalue weighted by molar-refractivity contribution is 6.74. The molecule has 0 amide bonds. The van der Waals surface area contributed by atoms with E-state index in [1.54, 1.807) is 6.08 Å². The second kappa shape index (κ2) is 22.7. The lowest BCUT2D eigenvalue weighted by Crippen LogP contribution is -2.41. The van der Waals surface area contributed by atoms with Gasteiger partial charge in [0.1, 0.15) is 5.60 Å². The lowest BCUT2D eigenvalue weighted by Gasteiger charge is -2.32. The van der Waals surface area contributed by atoms with E-state index in [4.69, 9.17) is 52.3 Å². The Morgan fingerprint density at radius 1 is 0.575 bits per heavy atom. The third kappa shape index (κ3) is 12.3. The highest BCUT2D eigenvalue weighted by Gasteiger charge is 2.57. The fraction of sp³-hybridized carbons (Fsp3) is 0.571. The van der Waals surface area contributed by atoms with Crippen LogP contribution in [0.5, 0.6) is 0 Å². The second-order valence-electron chi connectivity index (χ2n) is 26.2. The number of allylic oxidation sites excluding steroid dienone is 2. The van der Waals surface area contributed by atoms with Crippen LogP contribution in [-0.4, -0.2) is 99.3 Å². The summed E-state index contributed by atoms with van der Waals surface area (Å²) in [5.74, 6) is -0.362. The van der Waals surface area contributed by atoms with Crippen molar-refractivity contribution >= 4 is 66.3 Å². The van der Waals surface area contributed by atoms with Crippen molar-refractivity contribution in [2.45, 2.75) is 221 Å². The molecule has 2 unspecified atom stereocenters. The largest absolute Gasteiger partial charge is 0.494 e. The van der Waals surface area contributed by atoms with Crippen LogP contribution in [0.3, 0.4) is 0 Å². The topological polar surface area (TPSA) is 136 Å². The summed E-state index contributed by atoms with van der Waals surface area (Å²) in [6, 6.07) is 21.2. The van der Waals surface area contributed by atoms with Gasteiger partial charge in [-0.2, -0.15) is 10.2 Å². The molecular weight excluding hydrogens is 1010 g/mol. The average molecular weight is 1090 g/mol. The van der Waals surface area contributed by atoms with Gasteiger partial charge in [0, 0.05) is 30.1 Å². The molecule has 80 heavy (non-hydrogen) atoms. The van der Waals surface area contributed by atoms with Crippen molar-refractivity contribution in [3.63, 3.8) is 0 Å². The molecule has 5 saturated heterocycles. The summed E-state index contributed by atoms with van der Waals surface area (Å²) >= 11 is 0. The Bertz CT molecular complexity index is 3080. The molecule has 5 aliphatic heterocycles. The Hall–Kier alpha value is -4.84. The number of aromatic nitrogens is 4. The van der Waals surface area contributed by atoms with Gasteiger partial charge in [0.05, 0.1) is 57.0 Å². The van der Waals surface area contributed by atoms with Crippen LogP contribution in [0, 0.1) is 0 Å². The van der Waals surface area contributed by atoms with E-state index in [0.717, 1.165) is 131 Å². The van der Waals surface area contributed by atoms with Crippen LogP contribution in [0.25, 0.3) is 38.9 Å². The van der Waals surface area contributed by atoms with Gasteiger partial charge in [-0.1, -0.05) is 50.2 Å². The first kappa shape index (κ1) is 59.8. The zero-order chi connectivity index (χ0) is 57.8. The summed E-state index contributed by atoms with van der Waals surface area (Å²) in [6.07, 6.45) is 15.0. The molecular formula is C63H87B3N4O10. The number of nitrogens with zero attached hydrogens (tertiary/aromatic N) is 4. The average Bonchev–Trinajstić information content (AvgIpc) is 4.19. The fourth-order valence-electron chi connectivity index (χ4n) is 10.9. The van der Waals surface area contributed by atoms with Crippen molar-refractivity contribution in [1.82, 2.24) is 19.6 Å². The van der Waals surface area contributed by atoms with Crippen molar-refractivity contribution in [1.29, 1.82) is 0 Å². The molecule has 3 aromatic carbocycles. The molecule has 2 atom stereocenters. The first-order chi connectivity index (χ1) is 37.5. The molecule has 17 heteroatoms. The molecule has 0 saturated carbocycles. The van der Waals surface area contributed by atoms with Gasteiger partial charge in [0.25, 0.3) is 0 Å². The van der Waals surface area contributed by atoms with Crippen LogP contribution < -0.4 is 0 Å². The Kier molecular flexibility index (Phi) is 17.0. The number of benzene rings is 3. The van der Waals surface area contributed by atoms with Crippen molar-refractivity contribution in [3.05, 3.63) is 112 Å². The van der Waals surface area contributed by atoms with Gasteiger partial charge < -0.3 is 42.1 Å². The van der Waals surface area contributed by atoms with Gasteiger partial charge in [-0.05, 0) is 230 Å². The first-order valence-electron chi connectivity index (χ1n) is 29.3. The van der Waals surface area contributed by atoms with E-state index in [1.165, 1.54) is 6.08 Å². The summed E-state index contributed by atoms with van der Waals surface area (Å²) in [5, 5.41) is 11.6. The molecule has 0 aliphatic carbocycles. The lowest BCUT2D eigenvalue weighted by molar-refractivity contribution is -0.148. The molecule has 0 bridgehead atoms. The maximum absolute atomic E-state index is 12.2.